The average Bonchev–Trinajstić information content (AvgIpc) is 2.38. The van der Waals surface area contributed by atoms with E-state index in [4.69, 9.17) is 0 Å². The molecule has 1 N–H and O–H groups in total. The van der Waals surface area contributed by atoms with Crippen LogP contribution in [0.4, 0.5) is 10.5 Å². The van der Waals surface area contributed by atoms with Gasteiger partial charge in [-0.25, -0.2) is 4.79 Å². The number of pyridine rings is 1. The third-order valence-electron chi connectivity index (χ3n) is 2.94. The molecule has 1 aromatic carbocycles. The lowest BCUT2D eigenvalue weighted by Crippen LogP contribution is -2.49. The van der Waals surface area contributed by atoms with Crippen LogP contribution >= 0.6 is 0 Å². The quantitative estimate of drug-likeness (QED) is 0.826. The van der Waals surface area contributed by atoms with Crippen LogP contribution in [0.2, 0.25) is 0 Å². The standard InChI is InChI=1S/C13H11N3O2/c17-12-5-6-16(13(18)15-12)10-7-9-3-1-2-4-11(9)14-8-10/h1-4,7-8H,5-6H2,(H,15,17,18). The molecule has 0 bridgehead atoms. The van der Waals surface area contributed by atoms with Gasteiger partial charge in [-0.3, -0.25) is 20.0 Å². The van der Waals surface area contributed by atoms with E-state index in [0.29, 0.717) is 18.7 Å². The number of nitrogens with zero attached hydrogens (tertiary/aromatic N) is 2. The van der Waals surface area contributed by atoms with Crippen LogP contribution in [0, 0.1) is 0 Å². The fourth-order valence-corrected chi connectivity index (χ4v) is 2.02. The first kappa shape index (κ1) is 10.7. The molecule has 0 radical (unpaired) electrons. The van der Waals surface area contributed by atoms with E-state index in [2.05, 4.69) is 10.3 Å². The number of nitrogens with one attached hydrogen (secondary N) is 1. The predicted molar refractivity (Wildman–Crippen MR) is 67.2 cm³/mol. The van der Waals surface area contributed by atoms with E-state index in [-0.39, 0.29) is 11.9 Å². The molecule has 3 rings (SSSR count). The normalized spacial score (nSPS) is 15.9. The number of amides is 3. The second-order valence-corrected chi connectivity index (χ2v) is 4.14. The third kappa shape index (κ3) is 1.79. The number of benzene rings is 1. The monoisotopic (exact) mass is 241 g/mol. The highest BCUT2D eigenvalue weighted by atomic mass is 16.2. The predicted octanol–water partition coefficient (Wildman–Crippen LogP) is 1.68. The number of urea groups is 1. The maximum Gasteiger partial charge on any atom is 0.328 e. The Morgan fingerprint density at radius 2 is 2.06 bits per heavy atom. The van der Waals surface area contributed by atoms with Gasteiger partial charge in [0, 0.05) is 18.4 Å². The summed E-state index contributed by atoms with van der Waals surface area (Å²) >= 11 is 0. The molecule has 1 aliphatic heterocycles. The fourth-order valence-electron chi connectivity index (χ4n) is 2.02. The van der Waals surface area contributed by atoms with Crippen molar-refractivity contribution in [1.82, 2.24) is 10.3 Å². The molecular formula is C13H11N3O2. The fraction of sp³-hybridized carbons (Fsp3) is 0.154. The van der Waals surface area contributed by atoms with Crippen LogP contribution in [0.5, 0.6) is 0 Å². The summed E-state index contributed by atoms with van der Waals surface area (Å²) in [6, 6.07) is 9.22. The van der Waals surface area contributed by atoms with E-state index in [1.165, 1.54) is 4.90 Å². The first-order valence-corrected chi connectivity index (χ1v) is 5.70. The van der Waals surface area contributed by atoms with Crippen molar-refractivity contribution in [3.05, 3.63) is 36.5 Å². The zero-order valence-corrected chi connectivity index (χ0v) is 9.59. The van der Waals surface area contributed by atoms with Crippen LogP contribution < -0.4 is 10.2 Å². The van der Waals surface area contributed by atoms with Gasteiger partial charge in [-0.15, -0.1) is 0 Å². The number of fused-ring (bicyclic) bond motifs is 1. The zero-order chi connectivity index (χ0) is 12.5. The number of hydrogen-bond donors (Lipinski definition) is 1. The Labute approximate surface area is 103 Å². The van der Waals surface area contributed by atoms with Crippen LogP contribution in [0.1, 0.15) is 6.42 Å². The van der Waals surface area contributed by atoms with Gasteiger partial charge in [-0.1, -0.05) is 18.2 Å². The zero-order valence-electron chi connectivity index (χ0n) is 9.59. The Hall–Kier alpha value is -2.43. The first-order valence-electron chi connectivity index (χ1n) is 5.70. The van der Waals surface area contributed by atoms with Crippen LogP contribution in [0.25, 0.3) is 10.9 Å². The van der Waals surface area contributed by atoms with Crippen LogP contribution in [0.3, 0.4) is 0 Å². The Kier molecular flexibility index (Phi) is 2.44. The average molecular weight is 241 g/mol. The molecule has 1 fully saturated rings. The number of carbonyl (C=O) groups excluding carboxylic acids is 2. The van der Waals surface area contributed by atoms with E-state index >= 15 is 0 Å². The van der Waals surface area contributed by atoms with Crippen LogP contribution in [0.15, 0.2) is 36.5 Å². The van der Waals surface area contributed by atoms with Gasteiger partial charge in [0.2, 0.25) is 5.91 Å². The van der Waals surface area contributed by atoms with Gasteiger partial charge in [0.25, 0.3) is 0 Å². The second kappa shape index (κ2) is 4.10. The Balaban J connectivity index is 1.99. The van der Waals surface area contributed by atoms with Crippen molar-refractivity contribution in [3.63, 3.8) is 0 Å². The van der Waals surface area contributed by atoms with Crippen molar-refractivity contribution in [2.24, 2.45) is 0 Å². The summed E-state index contributed by atoms with van der Waals surface area (Å²) in [6.07, 6.45) is 1.97. The molecule has 5 nitrogen and oxygen atoms in total. The molecule has 90 valence electrons. The van der Waals surface area contributed by atoms with Crippen molar-refractivity contribution >= 4 is 28.5 Å². The lowest BCUT2D eigenvalue weighted by atomic mass is 10.2. The summed E-state index contributed by atoms with van der Waals surface area (Å²) < 4.78 is 0. The maximum atomic E-state index is 11.7. The highest BCUT2D eigenvalue weighted by Crippen LogP contribution is 2.21. The minimum absolute atomic E-state index is 0.231. The van der Waals surface area contributed by atoms with E-state index in [9.17, 15) is 9.59 Å². The van der Waals surface area contributed by atoms with Gasteiger partial charge in [0.05, 0.1) is 17.4 Å². The Morgan fingerprint density at radius 3 is 2.89 bits per heavy atom. The minimum Gasteiger partial charge on any atom is -0.292 e. The third-order valence-corrected chi connectivity index (χ3v) is 2.94. The molecule has 2 aromatic rings. The summed E-state index contributed by atoms with van der Waals surface area (Å²) in [4.78, 5) is 28.6. The molecule has 18 heavy (non-hydrogen) atoms. The van der Waals surface area contributed by atoms with Crippen molar-refractivity contribution in [2.75, 3.05) is 11.4 Å². The van der Waals surface area contributed by atoms with Crippen LogP contribution in [-0.2, 0) is 4.79 Å². The molecule has 1 aliphatic rings. The largest absolute Gasteiger partial charge is 0.328 e. The van der Waals surface area contributed by atoms with Crippen molar-refractivity contribution in [3.8, 4) is 0 Å². The molecule has 0 atom stereocenters. The number of hydrogen-bond acceptors (Lipinski definition) is 3. The summed E-state index contributed by atoms with van der Waals surface area (Å²) in [5.41, 5.74) is 1.59. The molecule has 5 heteroatoms. The van der Waals surface area contributed by atoms with E-state index in [0.717, 1.165) is 10.9 Å². The molecular weight excluding hydrogens is 230 g/mol. The molecule has 1 saturated heterocycles. The van der Waals surface area contributed by atoms with E-state index in [1.807, 2.05) is 30.3 Å². The lowest BCUT2D eigenvalue weighted by molar-refractivity contribution is -0.120. The molecule has 0 spiro atoms. The van der Waals surface area contributed by atoms with Gasteiger partial charge in [-0.2, -0.15) is 0 Å². The number of carbonyl (C=O) groups is 2. The molecule has 0 unspecified atom stereocenters. The van der Waals surface area contributed by atoms with Gasteiger partial charge in [-0.05, 0) is 12.1 Å². The van der Waals surface area contributed by atoms with Gasteiger partial charge in [0.1, 0.15) is 0 Å². The van der Waals surface area contributed by atoms with E-state index in [1.54, 1.807) is 6.20 Å². The smallest absolute Gasteiger partial charge is 0.292 e. The number of rotatable bonds is 1. The van der Waals surface area contributed by atoms with Crippen molar-refractivity contribution in [1.29, 1.82) is 0 Å². The maximum absolute atomic E-state index is 11.7. The highest BCUT2D eigenvalue weighted by molar-refractivity contribution is 6.06. The Bertz CT molecular complexity index is 639. The van der Waals surface area contributed by atoms with Crippen molar-refractivity contribution in [2.45, 2.75) is 6.42 Å². The molecule has 1 aromatic heterocycles. The lowest BCUT2D eigenvalue weighted by Gasteiger charge is -2.26. The number of anilines is 1. The first-order chi connectivity index (χ1) is 8.74. The SMILES string of the molecule is O=C1CCN(c2cnc3ccccc3c2)C(=O)N1. The second-order valence-electron chi connectivity index (χ2n) is 4.14. The van der Waals surface area contributed by atoms with Gasteiger partial charge in [0.15, 0.2) is 0 Å². The summed E-state index contributed by atoms with van der Waals surface area (Å²) in [5, 5.41) is 3.27. The highest BCUT2D eigenvalue weighted by Gasteiger charge is 2.24. The summed E-state index contributed by atoms with van der Waals surface area (Å²) in [7, 11) is 0. The Morgan fingerprint density at radius 1 is 1.22 bits per heavy atom. The number of aromatic nitrogens is 1. The number of imide groups is 1. The number of para-hydroxylation sites is 1. The molecule has 3 amide bonds. The molecule has 2 heterocycles. The molecule has 0 saturated carbocycles. The topological polar surface area (TPSA) is 62.3 Å². The van der Waals surface area contributed by atoms with Gasteiger partial charge >= 0.3 is 6.03 Å². The summed E-state index contributed by atoms with van der Waals surface area (Å²) in [5.74, 6) is -0.231. The van der Waals surface area contributed by atoms with E-state index < -0.39 is 0 Å². The van der Waals surface area contributed by atoms with Crippen LogP contribution in [-0.4, -0.2) is 23.5 Å². The summed E-state index contributed by atoms with van der Waals surface area (Å²) in [6.45, 7) is 0.394. The van der Waals surface area contributed by atoms with Gasteiger partial charge < -0.3 is 0 Å². The van der Waals surface area contributed by atoms with Crippen molar-refractivity contribution < 1.29 is 9.59 Å². The molecule has 0 aliphatic carbocycles. The minimum atomic E-state index is -0.386.